The number of aromatic nitrogens is 1. The molecule has 0 saturated carbocycles. The molecule has 11 heteroatoms. The fourth-order valence-corrected chi connectivity index (χ4v) is 5.36. The lowest BCUT2D eigenvalue weighted by molar-refractivity contribution is -0.384. The summed E-state index contributed by atoms with van der Waals surface area (Å²) in [5.74, 6) is -0.718. The molecule has 0 bridgehead atoms. The smallest absolute Gasteiger partial charge is 0.310 e. The highest BCUT2D eigenvalue weighted by Crippen LogP contribution is 2.35. The molecule has 31 heavy (non-hydrogen) atoms. The molecule has 1 amide bonds. The molecule has 1 aliphatic rings. The van der Waals surface area contributed by atoms with E-state index in [1.807, 2.05) is 12.1 Å². The zero-order chi connectivity index (χ0) is 22.2. The van der Waals surface area contributed by atoms with Gasteiger partial charge in [-0.1, -0.05) is 29.8 Å². The lowest BCUT2D eigenvalue weighted by Crippen LogP contribution is -2.29. The van der Waals surface area contributed by atoms with Crippen molar-refractivity contribution in [3.63, 3.8) is 0 Å². The maximum atomic E-state index is 13.3. The van der Waals surface area contributed by atoms with Gasteiger partial charge in [0.1, 0.15) is 16.8 Å². The van der Waals surface area contributed by atoms with Crippen molar-refractivity contribution >= 4 is 44.6 Å². The second kappa shape index (κ2) is 7.97. The van der Waals surface area contributed by atoms with Crippen molar-refractivity contribution in [2.45, 2.75) is 11.3 Å². The van der Waals surface area contributed by atoms with Crippen LogP contribution in [0.1, 0.15) is 15.9 Å². The second-order valence-corrected chi connectivity index (χ2v) is 8.94. The van der Waals surface area contributed by atoms with Crippen LogP contribution in [0.15, 0.2) is 65.8 Å². The van der Waals surface area contributed by atoms with Gasteiger partial charge in [0, 0.05) is 18.3 Å². The fraction of sp³-hybridized carbons (Fsp3) is 0.100. The van der Waals surface area contributed by atoms with Gasteiger partial charge in [-0.2, -0.15) is 0 Å². The molecule has 3 aromatic rings. The number of sulfonamides is 1. The van der Waals surface area contributed by atoms with E-state index in [1.54, 1.807) is 12.1 Å². The molecule has 2 aromatic carbocycles. The number of rotatable bonds is 5. The molecule has 1 aliphatic heterocycles. The van der Waals surface area contributed by atoms with Crippen molar-refractivity contribution in [3.05, 3.63) is 87.2 Å². The maximum absolute atomic E-state index is 13.3. The summed E-state index contributed by atoms with van der Waals surface area (Å²) in [5, 5.41) is 13.5. The summed E-state index contributed by atoms with van der Waals surface area (Å²) >= 11 is 6.18. The molecule has 1 aromatic heterocycles. The number of benzene rings is 2. The Kier molecular flexibility index (Phi) is 5.34. The number of pyridine rings is 1. The molecule has 0 fully saturated rings. The molecule has 1 N–H and O–H groups in total. The van der Waals surface area contributed by atoms with Gasteiger partial charge in [0.25, 0.3) is 15.9 Å². The number of nitrogens with one attached hydrogen (secondary N) is 1. The van der Waals surface area contributed by atoms with Gasteiger partial charge in [-0.05, 0) is 42.3 Å². The van der Waals surface area contributed by atoms with E-state index in [2.05, 4.69) is 10.3 Å². The van der Waals surface area contributed by atoms with Crippen LogP contribution in [-0.4, -0.2) is 30.8 Å². The van der Waals surface area contributed by atoms with Gasteiger partial charge >= 0.3 is 5.69 Å². The standard InChI is InChI=1S/C20H15ClN4O5S/c21-15-6-5-14(20(26)23-16-7-9-22-12-18(16)25(27)28)11-19(15)31(29,30)24-10-8-13-3-1-2-4-17(13)24/h1-7,9,11-12H,8,10H2,(H,22,23,26). The Morgan fingerprint density at radius 3 is 2.74 bits per heavy atom. The summed E-state index contributed by atoms with van der Waals surface area (Å²) in [6, 6.07) is 12.3. The number of carbonyl (C=O) groups is 1. The molecule has 9 nitrogen and oxygen atoms in total. The predicted octanol–water partition coefficient (Wildman–Crippen LogP) is 3.65. The predicted molar refractivity (Wildman–Crippen MR) is 115 cm³/mol. The van der Waals surface area contributed by atoms with Crippen LogP contribution in [0, 0.1) is 10.1 Å². The van der Waals surface area contributed by atoms with Crippen LogP contribution in [0.2, 0.25) is 5.02 Å². The van der Waals surface area contributed by atoms with Crippen LogP contribution in [0.4, 0.5) is 17.1 Å². The van der Waals surface area contributed by atoms with E-state index in [9.17, 15) is 23.3 Å². The van der Waals surface area contributed by atoms with Gasteiger partial charge in [0.15, 0.2) is 0 Å². The summed E-state index contributed by atoms with van der Waals surface area (Å²) in [6.45, 7) is 0.262. The van der Waals surface area contributed by atoms with E-state index < -0.39 is 20.9 Å². The first-order valence-corrected chi connectivity index (χ1v) is 10.9. The number of nitro groups is 1. The van der Waals surface area contributed by atoms with Crippen LogP contribution in [-0.2, 0) is 16.4 Å². The minimum absolute atomic E-state index is 0.0124. The van der Waals surface area contributed by atoms with Crippen LogP contribution in [0.3, 0.4) is 0 Å². The molecular formula is C20H15ClN4O5S. The number of anilines is 2. The van der Waals surface area contributed by atoms with E-state index in [4.69, 9.17) is 11.6 Å². The van der Waals surface area contributed by atoms with Gasteiger partial charge in [0.2, 0.25) is 0 Å². The number of hydrogen-bond donors (Lipinski definition) is 1. The molecule has 0 spiro atoms. The zero-order valence-electron chi connectivity index (χ0n) is 15.9. The lowest BCUT2D eigenvalue weighted by atomic mass is 10.2. The van der Waals surface area contributed by atoms with Crippen LogP contribution < -0.4 is 9.62 Å². The first-order valence-electron chi connectivity index (χ1n) is 9.09. The molecule has 2 heterocycles. The molecule has 0 unspecified atom stereocenters. The number of carbonyl (C=O) groups excluding carboxylic acids is 1. The van der Waals surface area contributed by atoms with Crippen molar-refractivity contribution in [1.82, 2.24) is 4.98 Å². The number of fused-ring (bicyclic) bond motifs is 1. The third-order valence-electron chi connectivity index (χ3n) is 4.85. The molecule has 0 saturated heterocycles. The minimum atomic E-state index is -4.03. The number of amides is 1. The minimum Gasteiger partial charge on any atom is -0.316 e. The number of hydrogen-bond acceptors (Lipinski definition) is 6. The van der Waals surface area contributed by atoms with E-state index >= 15 is 0 Å². The monoisotopic (exact) mass is 458 g/mol. The van der Waals surface area contributed by atoms with Crippen molar-refractivity contribution < 1.29 is 18.1 Å². The maximum Gasteiger partial charge on any atom is 0.310 e. The highest BCUT2D eigenvalue weighted by atomic mass is 35.5. The Hall–Kier alpha value is -3.50. The topological polar surface area (TPSA) is 123 Å². The van der Waals surface area contributed by atoms with Crippen molar-refractivity contribution in [1.29, 1.82) is 0 Å². The lowest BCUT2D eigenvalue weighted by Gasteiger charge is -2.20. The summed E-state index contributed by atoms with van der Waals surface area (Å²) in [4.78, 5) is 26.6. The van der Waals surface area contributed by atoms with Crippen molar-refractivity contribution in [3.8, 4) is 0 Å². The molecule has 0 atom stereocenters. The second-order valence-electron chi connectivity index (χ2n) is 6.71. The largest absolute Gasteiger partial charge is 0.316 e. The quantitative estimate of drug-likeness (QED) is 0.460. The van der Waals surface area contributed by atoms with E-state index in [-0.39, 0.29) is 33.4 Å². The molecule has 4 rings (SSSR count). The summed E-state index contributed by atoms with van der Waals surface area (Å²) in [6.07, 6.45) is 2.88. The van der Waals surface area contributed by atoms with Gasteiger partial charge in [-0.3, -0.25) is 24.2 Å². The zero-order valence-corrected chi connectivity index (χ0v) is 17.4. The molecule has 0 radical (unpaired) electrons. The van der Waals surface area contributed by atoms with Crippen molar-refractivity contribution in [2.75, 3.05) is 16.2 Å². The van der Waals surface area contributed by atoms with Crippen LogP contribution in [0.25, 0.3) is 0 Å². The highest BCUT2D eigenvalue weighted by molar-refractivity contribution is 7.93. The van der Waals surface area contributed by atoms with E-state index in [0.717, 1.165) is 11.8 Å². The van der Waals surface area contributed by atoms with E-state index in [0.29, 0.717) is 12.1 Å². The highest BCUT2D eigenvalue weighted by Gasteiger charge is 2.32. The Morgan fingerprint density at radius 1 is 1.19 bits per heavy atom. The fourth-order valence-electron chi connectivity index (χ4n) is 3.35. The van der Waals surface area contributed by atoms with Gasteiger partial charge in [-0.15, -0.1) is 0 Å². The Morgan fingerprint density at radius 2 is 1.97 bits per heavy atom. The third kappa shape index (κ3) is 3.82. The van der Waals surface area contributed by atoms with Gasteiger partial charge in [0.05, 0.1) is 15.6 Å². The Labute approximate surface area is 182 Å². The number of para-hydroxylation sites is 1. The van der Waals surface area contributed by atoms with Crippen LogP contribution >= 0.6 is 11.6 Å². The third-order valence-corrected chi connectivity index (χ3v) is 7.15. The number of nitrogens with zero attached hydrogens (tertiary/aromatic N) is 3. The molecular weight excluding hydrogens is 444 g/mol. The average Bonchev–Trinajstić information content (AvgIpc) is 3.19. The summed E-state index contributed by atoms with van der Waals surface area (Å²) in [5.41, 5.74) is 1.02. The van der Waals surface area contributed by atoms with Gasteiger partial charge < -0.3 is 5.32 Å². The average molecular weight is 459 g/mol. The summed E-state index contributed by atoms with van der Waals surface area (Å²) in [7, 11) is -4.03. The molecule has 158 valence electrons. The van der Waals surface area contributed by atoms with Crippen LogP contribution in [0.5, 0.6) is 0 Å². The Balaban J connectivity index is 1.68. The van der Waals surface area contributed by atoms with Crippen molar-refractivity contribution in [2.24, 2.45) is 0 Å². The number of halogens is 1. The van der Waals surface area contributed by atoms with E-state index in [1.165, 1.54) is 34.8 Å². The first kappa shape index (κ1) is 20.8. The summed E-state index contributed by atoms with van der Waals surface area (Å²) < 4.78 is 27.9. The Bertz CT molecular complexity index is 1310. The normalized spacial score (nSPS) is 13.0. The first-order chi connectivity index (χ1) is 14.8. The van der Waals surface area contributed by atoms with Gasteiger partial charge in [-0.25, -0.2) is 8.42 Å². The SMILES string of the molecule is O=C(Nc1ccncc1[N+](=O)[O-])c1ccc(Cl)c(S(=O)(=O)N2CCc3ccccc32)c1. The molecule has 0 aliphatic carbocycles.